The standard InChI is InChI=1S/2C16H23N2O2.Zn/c2*1-15(2)9-13(10-16(3,4)18(15)20)17-11-12-7-5-6-8-14(12)19;/h2*5-8,11,13,17H,9-10H2,1-4H3;/q2*-1;. The van der Waals surface area contributed by atoms with Gasteiger partial charge in [-0.25, -0.2) is 0 Å². The molecule has 0 amide bonds. The summed E-state index contributed by atoms with van der Waals surface area (Å²) < 4.78 is 0. The molecule has 0 bridgehead atoms. The summed E-state index contributed by atoms with van der Waals surface area (Å²) in [7, 11) is 0. The van der Waals surface area contributed by atoms with E-state index in [1.807, 2.05) is 67.5 Å². The number of nitrogens with zero attached hydrogens (tertiary/aromatic N) is 2. The molecule has 2 N–H and O–H groups in total. The number of nitrogens with one attached hydrogen (secondary N) is 2. The van der Waals surface area contributed by atoms with Crippen molar-refractivity contribution in [1.29, 1.82) is 0 Å². The molecule has 2 aliphatic heterocycles. The van der Waals surface area contributed by atoms with Crippen LogP contribution in [0.5, 0.6) is 0 Å². The Hall–Kier alpha value is -2.16. The number of hydrogen-bond donors (Lipinski definition) is 2. The molecule has 2 fully saturated rings. The minimum atomic E-state index is -0.399. The summed E-state index contributed by atoms with van der Waals surface area (Å²) in [6, 6.07) is 0.398. The Morgan fingerprint density at radius 2 is 0.878 bits per heavy atom. The van der Waals surface area contributed by atoms with Crippen LogP contribution in [0.3, 0.4) is 0 Å². The molecular weight excluding hydrogens is 570 g/mol. The van der Waals surface area contributed by atoms with Gasteiger partial charge in [-0.05, 0) is 105 Å². The van der Waals surface area contributed by atoms with E-state index in [-0.39, 0.29) is 43.1 Å². The number of carbonyl (C=O) groups excluding carboxylic acids is 2. The molecule has 0 aromatic carbocycles. The SMILES string of the molecule is CC1(C)CC(NC=C2C=CC=CC2=O)CC(C)(C)N1[O-].CC1(C)CC(NC=C2C=CC=CC2=O)CC(C)(C)N1[O-].[Zn]. The largest absolute Gasteiger partial charge is 0.784 e. The van der Waals surface area contributed by atoms with Crippen LogP contribution in [-0.4, -0.2) is 55.9 Å². The van der Waals surface area contributed by atoms with Gasteiger partial charge in [0.15, 0.2) is 11.6 Å². The summed E-state index contributed by atoms with van der Waals surface area (Å²) >= 11 is 0. The van der Waals surface area contributed by atoms with E-state index in [2.05, 4.69) is 10.6 Å². The van der Waals surface area contributed by atoms with Crippen LogP contribution < -0.4 is 10.6 Å². The Morgan fingerprint density at radius 3 is 1.15 bits per heavy atom. The Labute approximate surface area is 258 Å². The number of carbonyl (C=O) groups is 2. The number of hydrogen-bond acceptors (Lipinski definition) is 8. The first-order valence-electron chi connectivity index (χ1n) is 14.1. The van der Waals surface area contributed by atoms with E-state index < -0.39 is 22.2 Å². The number of rotatable bonds is 4. The maximum atomic E-state index is 12.3. The van der Waals surface area contributed by atoms with Crippen LogP contribution in [0.1, 0.15) is 81.1 Å². The van der Waals surface area contributed by atoms with Gasteiger partial charge in [-0.3, -0.25) is 9.59 Å². The van der Waals surface area contributed by atoms with Crippen LogP contribution >= 0.6 is 0 Å². The first kappa shape index (κ1) is 35.0. The molecule has 2 aliphatic carbocycles. The van der Waals surface area contributed by atoms with Gasteiger partial charge in [0.25, 0.3) is 0 Å². The average molecular weight is 616 g/mol. The minimum Gasteiger partial charge on any atom is -0.784 e. The van der Waals surface area contributed by atoms with Crippen molar-refractivity contribution >= 4 is 11.6 Å². The first-order chi connectivity index (χ1) is 18.4. The van der Waals surface area contributed by atoms with Crippen LogP contribution in [0.15, 0.2) is 72.2 Å². The molecule has 0 aromatic rings. The van der Waals surface area contributed by atoms with Gasteiger partial charge in [-0.1, -0.05) is 24.3 Å². The van der Waals surface area contributed by atoms with Gasteiger partial charge in [0, 0.05) is 77.3 Å². The molecule has 41 heavy (non-hydrogen) atoms. The molecule has 222 valence electrons. The van der Waals surface area contributed by atoms with Crippen molar-refractivity contribution in [3.05, 3.63) is 82.6 Å². The van der Waals surface area contributed by atoms with E-state index >= 15 is 0 Å². The number of allylic oxidation sites excluding steroid dienone is 10. The molecule has 0 unspecified atom stereocenters. The molecule has 4 aliphatic rings. The van der Waals surface area contributed by atoms with E-state index in [0.29, 0.717) is 11.1 Å². The third kappa shape index (κ3) is 8.92. The molecule has 8 nitrogen and oxygen atoms in total. The fraction of sp³-hybridized carbons (Fsp3) is 0.562. The molecule has 4 rings (SSSR count). The summed E-state index contributed by atoms with van der Waals surface area (Å²) in [6.07, 6.45) is 20.5. The van der Waals surface area contributed by atoms with Crippen LogP contribution in [0.4, 0.5) is 0 Å². The summed E-state index contributed by atoms with van der Waals surface area (Å²) in [4.78, 5) is 23.3. The summed E-state index contributed by atoms with van der Waals surface area (Å²) in [5, 5.41) is 33.6. The predicted octanol–water partition coefficient (Wildman–Crippen LogP) is 5.35. The van der Waals surface area contributed by atoms with E-state index in [1.165, 1.54) is 10.1 Å². The molecule has 0 spiro atoms. The number of piperidine rings is 2. The fourth-order valence-corrected chi connectivity index (χ4v) is 6.38. The molecule has 0 radical (unpaired) electrons. The number of hydroxylamine groups is 4. The minimum absolute atomic E-state index is 0. The van der Waals surface area contributed by atoms with Gasteiger partial charge in [0.05, 0.1) is 0 Å². The Kier molecular flexibility index (Phi) is 11.5. The topological polar surface area (TPSA) is 111 Å². The van der Waals surface area contributed by atoms with Crippen molar-refractivity contribution < 1.29 is 29.1 Å². The maximum absolute atomic E-state index is 12.3. The van der Waals surface area contributed by atoms with Crippen molar-refractivity contribution in [2.75, 3.05) is 0 Å². The summed E-state index contributed by atoms with van der Waals surface area (Å²) in [5.41, 5.74) is -0.275. The van der Waals surface area contributed by atoms with Gasteiger partial charge >= 0.3 is 0 Å². The molecular formula is C32H46N4O4Zn-2. The van der Waals surface area contributed by atoms with Crippen molar-refractivity contribution in [3.8, 4) is 0 Å². The van der Waals surface area contributed by atoms with Crippen LogP contribution in [0, 0.1) is 10.4 Å². The Balaban J connectivity index is 0.000000280. The van der Waals surface area contributed by atoms with Crippen molar-refractivity contribution in [1.82, 2.24) is 20.8 Å². The average Bonchev–Trinajstić information content (AvgIpc) is 2.85. The van der Waals surface area contributed by atoms with Crippen molar-refractivity contribution in [2.24, 2.45) is 0 Å². The van der Waals surface area contributed by atoms with E-state index in [1.54, 1.807) is 48.9 Å². The van der Waals surface area contributed by atoms with Gasteiger partial charge in [0.1, 0.15) is 0 Å². The Morgan fingerprint density at radius 1 is 0.610 bits per heavy atom. The van der Waals surface area contributed by atoms with Crippen molar-refractivity contribution in [3.63, 3.8) is 0 Å². The van der Waals surface area contributed by atoms with E-state index in [9.17, 15) is 20.0 Å². The second-order valence-corrected chi connectivity index (χ2v) is 13.7. The first-order valence-corrected chi connectivity index (χ1v) is 14.1. The second-order valence-electron chi connectivity index (χ2n) is 13.7. The van der Waals surface area contributed by atoms with E-state index in [4.69, 9.17) is 0 Å². The fourth-order valence-electron chi connectivity index (χ4n) is 6.38. The molecule has 0 saturated carbocycles. The quantitative estimate of drug-likeness (QED) is 0.322. The van der Waals surface area contributed by atoms with Gasteiger partial charge in [-0.2, -0.15) is 0 Å². The molecule has 2 saturated heterocycles. The molecule has 9 heteroatoms. The van der Waals surface area contributed by atoms with Crippen LogP contribution in [-0.2, 0) is 29.1 Å². The summed E-state index contributed by atoms with van der Waals surface area (Å²) in [6.45, 7) is 15.8. The van der Waals surface area contributed by atoms with Crippen LogP contribution in [0.2, 0.25) is 0 Å². The van der Waals surface area contributed by atoms with Gasteiger partial charge < -0.3 is 31.2 Å². The van der Waals surface area contributed by atoms with Crippen molar-refractivity contribution in [2.45, 2.75) is 115 Å². The zero-order chi connectivity index (χ0) is 29.9. The third-order valence-electron chi connectivity index (χ3n) is 7.97. The van der Waals surface area contributed by atoms with Gasteiger partial charge in [-0.15, -0.1) is 0 Å². The van der Waals surface area contributed by atoms with Crippen LogP contribution in [0.25, 0.3) is 0 Å². The Bertz CT molecular complexity index is 1030. The monoisotopic (exact) mass is 614 g/mol. The maximum Gasteiger partial charge on any atom is 0.187 e. The van der Waals surface area contributed by atoms with E-state index in [0.717, 1.165) is 25.7 Å². The normalized spacial score (nSPS) is 27.4. The molecule has 0 atom stereocenters. The second kappa shape index (κ2) is 13.4. The molecule has 0 aromatic heterocycles. The van der Waals surface area contributed by atoms with Gasteiger partial charge in [0.2, 0.25) is 0 Å². The smallest absolute Gasteiger partial charge is 0.187 e. The zero-order valence-electron chi connectivity index (χ0n) is 26.0. The summed E-state index contributed by atoms with van der Waals surface area (Å²) in [5.74, 6) is 0.0274. The molecule has 2 heterocycles. The third-order valence-corrected chi connectivity index (χ3v) is 7.97. The zero-order valence-corrected chi connectivity index (χ0v) is 29.0. The predicted molar refractivity (Wildman–Crippen MR) is 162 cm³/mol. The number of ketones is 2.